The molecule has 0 heterocycles. The molecule has 0 fully saturated rings. The third-order valence-electron chi connectivity index (χ3n) is 3.99. The van der Waals surface area contributed by atoms with E-state index in [1.807, 2.05) is 0 Å². The number of hydrogen-bond donors (Lipinski definition) is 0. The third kappa shape index (κ3) is 5.97. The SMILES string of the molecule is O=S(=O)([O-])c1cccc(OC(F)(F)C(F)(F)C(F)(F)C(F)(F)/C(F)=C(\F)C(F)(F)C(F)(F)C(F)(F)F)c1.[Na+]. The predicted molar refractivity (Wildman–Crippen MR) is 80.0 cm³/mol. The molecule has 0 unspecified atom stereocenters. The summed E-state index contributed by atoms with van der Waals surface area (Å²) in [6, 6.07) is 0.271. The second kappa shape index (κ2) is 10.5. The maximum absolute atomic E-state index is 13.7. The van der Waals surface area contributed by atoms with Gasteiger partial charge in [0.1, 0.15) is 15.9 Å². The van der Waals surface area contributed by atoms with Gasteiger partial charge in [-0.05, 0) is 18.2 Å². The largest absolute Gasteiger partial charge is 1.00 e. The molecule has 0 N–H and O–H groups in total. The standard InChI is InChI=1S/C15H5F17O4S.Na/c16-7(8(17)10(20,21)12(24,25)14(28,29)30)9(18,19)11(22,23)13(26,27)15(31,32)36-5-2-1-3-6(4-5)37(33,34)35;/h1-4H,(H,33,34,35);/q;+1/p-1/b8-7+;. The number of rotatable bonds is 9. The molecule has 0 saturated carbocycles. The fraction of sp³-hybridized carbons (Fsp3) is 0.467. The summed E-state index contributed by atoms with van der Waals surface area (Å²) in [5, 5.41) is 0. The van der Waals surface area contributed by atoms with Gasteiger partial charge >= 0.3 is 71.5 Å². The first kappa shape index (κ1) is 36.5. The van der Waals surface area contributed by atoms with Crippen LogP contribution in [-0.2, 0) is 10.1 Å². The molecule has 0 saturated heterocycles. The van der Waals surface area contributed by atoms with Crippen LogP contribution in [0.3, 0.4) is 0 Å². The van der Waals surface area contributed by atoms with Crippen LogP contribution in [0.4, 0.5) is 74.6 Å². The quantitative estimate of drug-likeness (QED) is 0.240. The predicted octanol–water partition coefficient (Wildman–Crippen LogP) is 3.46. The summed E-state index contributed by atoms with van der Waals surface area (Å²) in [6.07, 6.45) is -14.6. The fourth-order valence-corrected chi connectivity index (χ4v) is 2.52. The van der Waals surface area contributed by atoms with E-state index in [0.29, 0.717) is 6.07 Å². The smallest absolute Gasteiger partial charge is 0.744 e. The molecule has 0 aliphatic carbocycles. The molecular formula is C15H4F17NaO4S. The van der Waals surface area contributed by atoms with Crippen molar-refractivity contribution in [2.24, 2.45) is 0 Å². The molecule has 0 amide bonds. The van der Waals surface area contributed by atoms with Crippen LogP contribution < -0.4 is 34.3 Å². The number of ether oxygens (including phenoxy) is 1. The number of hydrogen-bond acceptors (Lipinski definition) is 4. The van der Waals surface area contributed by atoms with E-state index >= 15 is 0 Å². The minimum atomic E-state index is -8.14. The van der Waals surface area contributed by atoms with Crippen molar-refractivity contribution in [3.05, 3.63) is 35.9 Å². The first-order valence-electron chi connectivity index (χ1n) is 8.15. The molecule has 0 aromatic heterocycles. The Hall–Kier alpha value is -1.52. The molecule has 0 spiro atoms. The summed E-state index contributed by atoms with van der Waals surface area (Å²) in [7, 11) is -5.57. The van der Waals surface area contributed by atoms with Crippen molar-refractivity contribution in [3.63, 3.8) is 0 Å². The molecular weight excluding hydrogens is 622 g/mol. The summed E-state index contributed by atoms with van der Waals surface area (Å²) in [5.41, 5.74) is 0. The van der Waals surface area contributed by atoms with Crippen LogP contribution in [0.25, 0.3) is 0 Å². The van der Waals surface area contributed by atoms with Gasteiger partial charge in [-0.2, -0.15) is 65.9 Å². The zero-order valence-corrected chi connectivity index (χ0v) is 20.1. The summed E-state index contributed by atoms with van der Waals surface area (Å²) in [4.78, 5) is -1.55. The summed E-state index contributed by atoms with van der Waals surface area (Å²) in [5.74, 6) is -52.3. The molecule has 0 aliphatic heterocycles. The Bertz CT molecular complexity index is 1160. The Balaban J connectivity index is 0.0000137. The van der Waals surface area contributed by atoms with Gasteiger partial charge in [0.25, 0.3) is 0 Å². The normalized spacial score (nSPS) is 15.5. The molecule has 38 heavy (non-hydrogen) atoms. The van der Waals surface area contributed by atoms with Gasteiger partial charge in [0.05, 0.1) is 4.90 Å². The van der Waals surface area contributed by atoms with E-state index in [2.05, 4.69) is 4.74 Å². The Morgan fingerprint density at radius 2 is 1.08 bits per heavy atom. The Kier molecular flexibility index (Phi) is 10.0. The second-order valence-electron chi connectivity index (χ2n) is 6.55. The molecule has 0 atom stereocenters. The van der Waals surface area contributed by atoms with Crippen LogP contribution >= 0.6 is 0 Å². The zero-order chi connectivity index (χ0) is 29.8. The van der Waals surface area contributed by atoms with E-state index in [1.54, 1.807) is 0 Å². The van der Waals surface area contributed by atoms with Gasteiger partial charge in [0.15, 0.2) is 0 Å². The minimum Gasteiger partial charge on any atom is -0.744 e. The third-order valence-corrected chi connectivity index (χ3v) is 4.82. The van der Waals surface area contributed by atoms with Crippen LogP contribution in [0.2, 0.25) is 0 Å². The van der Waals surface area contributed by atoms with Gasteiger partial charge in [-0.15, -0.1) is 0 Å². The molecule has 1 rings (SSSR count). The topological polar surface area (TPSA) is 66.4 Å². The van der Waals surface area contributed by atoms with Crippen LogP contribution in [0.5, 0.6) is 5.75 Å². The van der Waals surface area contributed by atoms with Crippen LogP contribution in [0, 0.1) is 0 Å². The Morgan fingerprint density at radius 1 is 0.684 bits per heavy atom. The molecule has 0 bridgehead atoms. The van der Waals surface area contributed by atoms with Crippen molar-refractivity contribution in [2.45, 2.75) is 46.8 Å². The van der Waals surface area contributed by atoms with Gasteiger partial charge < -0.3 is 9.29 Å². The number of allylic oxidation sites excluding steroid dienone is 2. The van der Waals surface area contributed by atoms with E-state index in [0.717, 1.165) is 0 Å². The second-order valence-corrected chi connectivity index (χ2v) is 7.93. The van der Waals surface area contributed by atoms with Gasteiger partial charge in [-0.1, -0.05) is 6.07 Å². The van der Waals surface area contributed by atoms with Crippen molar-refractivity contribution in [1.82, 2.24) is 0 Å². The van der Waals surface area contributed by atoms with Crippen molar-refractivity contribution < 1.29 is 122 Å². The van der Waals surface area contributed by atoms with Crippen molar-refractivity contribution in [3.8, 4) is 5.75 Å². The van der Waals surface area contributed by atoms with Crippen LogP contribution in [-0.4, -0.2) is 54.9 Å². The number of halogens is 17. The number of benzene rings is 1. The first-order valence-corrected chi connectivity index (χ1v) is 9.55. The van der Waals surface area contributed by atoms with Gasteiger partial charge in [-0.25, -0.2) is 17.2 Å². The minimum absolute atomic E-state index is 0. The Labute approximate surface area is 220 Å². The van der Waals surface area contributed by atoms with E-state index in [-0.39, 0.29) is 47.8 Å². The molecule has 1 aromatic rings. The molecule has 23 heteroatoms. The monoisotopic (exact) mass is 626 g/mol. The summed E-state index contributed by atoms with van der Waals surface area (Å²) in [6.45, 7) is 0. The van der Waals surface area contributed by atoms with E-state index in [1.165, 1.54) is 0 Å². The fourth-order valence-electron chi connectivity index (χ4n) is 2.01. The van der Waals surface area contributed by atoms with E-state index in [4.69, 9.17) is 0 Å². The van der Waals surface area contributed by atoms with Crippen molar-refractivity contribution in [1.29, 1.82) is 0 Å². The maximum Gasteiger partial charge on any atom is 1.00 e. The van der Waals surface area contributed by atoms with Crippen LogP contribution in [0.15, 0.2) is 40.8 Å². The van der Waals surface area contributed by atoms with E-state index < -0.39 is 74.3 Å². The average Bonchev–Trinajstić information content (AvgIpc) is 2.70. The average molecular weight is 626 g/mol. The summed E-state index contributed by atoms with van der Waals surface area (Å²) >= 11 is 0. The van der Waals surface area contributed by atoms with Gasteiger partial charge in [0.2, 0.25) is 11.7 Å². The molecule has 214 valence electrons. The van der Waals surface area contributed by atoms with Gasteiger partial charge in [0, 0.05) is 0 Å². The molecule has 4 nitrogen and oxygen atoms in total. The molecule has 0 radical (unpaired) electrons. The van der Waals surface area contributed by atoms with Crippen molar-refractivity contribution in [2.75, 3.05) is 0 Å². The van der Waals surface area contributed by atoms with Gasteiger partial charge in [-0.3, -0.25) is 0 Å². The maximum atomic E-state index is 13.7. The first-order chi connectivity index (χ1) is 16.0. The molecule has 1 aromatic carbocycles. The zero-order valence-electron chi connectivity index (χ0n) is 17.3. The number of alkyl halides is 15. The molecule has 0 aliphatic rings. The summed E-state index contributed by atoms with van der Waals surface area (Å²) < 4.78 is 259. The van der Waals surface area contributed by atoms with E-state index in [9.17, 15) is 87.6 Å². The van der Waals surface area contributed by atoms with Crippen molar-refractivity contribution >= 4 is 10.1 Å². The Morgan fingerprint density at radius 3 is 1.45 bits per heavy atom. The van der Waals surface area contributed by atoms with Crippen LogP contribution in [0.1, 0.15) is 0 Å².